The molecule has 0 N–H and O–H groups in total. The van der Waals surface area contributed by atoms with Crippen LogP contribution in [0.15, 0.2) is 47.9 Å². The molecule has 0 aliphatic carbocycles. The number of piperazine rings is 1. The van der Waals surface area contributed by atoms with E-state index in [4.69, 9.17) is 0 Å². The monoisotopic (exact) mass is 482 g/mol. The highest BCUT2D eigenvalue weighted by Gasteiger charge is 2.23. The third kappa shape index (κ3) is 4.82. The lowest BCUT2D eigenvalue weighted by Gasteiger charge is -2.35. The van der Waals surface area contributed by atoms with E-state index in [0.717, 1.165) is 28.6 Å². The van der Waals surface area contributed by atoms with Gasteiger partial charge in [-0.15, -0.1) is 0 Å². The number of rotatable bonds is 6. The van der Waals surface area contributed by atoms with Gasteiger partial charge in [-0.05, 0) is 45.4 Å². The zero-order valence-corrected chi connectivity index (χ0v) is 20.8. The van der Waals surface area contributed by atoms with E-state index in [9.17, 15) is 13.2 Å². The van der Waals surface area contributed by atoms with Crippen LogP contribution in [0.25, 0.3) is 5.82 Å². The lowest BCUT2D eigenvalue weighted by atomic mass is 10.1. The van der Waals surface area contributed by atoms with E-state index in [0.29, 0.717) is 26.2 Å². The number of amides is 1. The van der Waals surface area contributed by atoms with Gasteiger partial charge < -0.3 is 9.80 Å². The van der Waals surface area contributed by atoms with Crippen LogP contribution in [0.4, 0.5) is 5.82 Å². The lowest BCUT2D eigenvalue weighted by Crippen LogP contribution is -2.49. The normalized spacial score (nSPS) is 14.6. The molecule has 3 aromatic rings. The molecule has 180 valence electrons. The Bertz CT molecular complexity index is 1280. The summed E-state index contributed by atoms with van der Waals surface area (Å²) < 4.78 is 26.5. The van der Waals surface area contributed by atoms with Crippen LogP contribution in [-0.2, 0) is 21.1 Å². The van der Waals surface area contributed by atoms with Crippen molar-refractivity contribution < 1.29 is 13.2 Å². The van der Waals surface area contributed by atoms with Gasteiger partial charge in [0.2, 0.25) is 5.91 Å². The maximum absolute atomic E-state index is 12.8. The van der Waals surface area contributed by atoms with Gasteiger partial charge in [0, 0.05) is 37.9 Å². The molecule has 0 unspecified atom stereocenters. The molecular weight excluding hydrogens is 452 g/mol. The smallest absolute Gasteiger partial charge is 0.227 e. The van der Waals surface area contributed by atoms with E-state index < -0.39 is 15.1 Å². The van der Waals surface area contributed by atoms with E-state index >= 15 is 0 Å². The average Bonchev–Trinajstić information content (AvgIpc) is 3.17. The zero-order chi connectivity index (χ0) is 24.5. The summed E-state index contributed by atoms with van der Waals surface area (Å²) in [6, 6.07) is 8.58. The van der Waals surface area contributed by atoms with Gasteiger partial charge in [0.25, 0.3) is 0 Å². The Morgan fingerprint density at radius 3 is 2.21 bits per heavy atom. The van der Waals surface area contributed by atoms with Gasteiger partial charge >= 0.3 is 0 Å². The SMILES string of the molecule is Cc1ncn(-c2cc(N3CCN(C(=O)Cc4ccc(S(=O)(=O)C(C)C)cc4)CC3)ncn2)c1C. The number of benzene rings is 1. The molecule has 34 heavy (non-hydrogen) atoms. The highest BCUT2D eigenvalue weighted by molar-refractivity contribution is 7.92. The predicted octanol–water partition coefficient (Wildman–Crippen LogP) is 2.35. The molecule has 1 aromatic carbocycles. The molecule has 0 bridgehead atoms. The third-order valence-electron chi connectivity index (χ3n) is 6.32. The summed E-state index contributed by atoms with van der Waals surface area (Å²) in [5, 5.41) is -0.477. The van der Waals surface area contributed by atoms with Gasteiger partial charge in [-0.2, -0.15) is 0 Å². The van der Waals surface area contributed by atoms with Crippen molar-refractivity contribution in [1.82, 2.24) is 24.4 Å². The Balaban J connectivity index is 1.36. The first-order chi connectivity index (χ1) is 16.2. The molecule has 1 fully saturated rings. The lowest BCUT2D eigenvalue weighted by molar-refractivity contribution is -0.130. The minimum atomic E-state index is -3.31. The summed E-state index contributed by atoms with van der Waals surface area (Å²) in [4.78, 5) is 30.3. The quantitative estimate of drug-likeness (QED) is 0.531. The molecule has 10 heteroatoms. The first kappa shape index (κ1) is 23.9. The second-order valence-corrected chi connectivity index (χ2v) is 11.3. The van der Waals surface area contributed by atoms with Crippen LogP contribution in [0.3, 0.4) is 0 Å². The molecule has 0 saturated carbocycles. The van der Waals surface area contributed by atoms with Crippen molar-refractivity contribution in [3.8, 4) is 5.82 Å². The van der Waals surface area contributed by atoms with E-state index in [1.165, 1.54) is 0 Å². The average molecular weight is 483 g/mol. The molecule has 2 aromatic heterocycles. The fourth-order valence-electron chi connectivity index (χ4n) is 3.91. The van der Waals surface area contributed by atoms with Crippen LogP contribution in [0.2, 0.25) is 0 Å². The molecule has 1 amide bonds. The van der Waals surface area contributed by atoms with Crippen molar-refractivity contribution in [3.63, 3.8) is 0 Å². The van der Waals surface area contributed by atoms with Gasteiger partial charge in [0.1, 0.15) is 24.3 Å². The van der Waals surface area contributed by atoms with E-state index in [-0.39, 0.29) is 17.2 Å². The standard InChI is InChI=1S/C24H30N6O3S/c1-17(2)34(32,33)21-7-5-20(6-8-21)13-24(31)29-11-9-28(10-12-29)22-14-23(26-15-25-22)30-16-27-18(3)19(30)4/h5-8,14-17H,9-13H2,1-4H3. The highest BCUT2D eigenvalue weighted by atomic mass is 32.2. The molecule has 3 heterocycles. The Morgan fingerprint density at radius 1 is 0.971 bits per heavy atom. The highest BCUT2D eigenvalue weighted by Crippen LogP contribution is 2.20. The van der Waals surface area contributed by atoms with Crippen LogP contribution in [0, 0.1) is 13.8 Å². The fraction of sp³-hybridized carbons (Fsp3) is 0.417. The van der Waals surface area contributed by atoms with Crippen LogP contribution in [0.5, 0.6) is 0 Å². The second-order valence-electron chi connectivity index (χ2n) is 8.80. The summed E-state index contributed by atoms with van der Waals surface area (Å²) in [5.41, 5.74) is 2.81. The molecule has 0 atom stereocenters. The number of hydrogen-bond donors (Lipinski definition) is 0. The minimum Gasteiger partial charge on any atom is -0.353 e. The maximum atomic E-state index is 12.8. The first-order valence-corrected chi connectivity index (χ1v) is 12.9. The molecule has 0 spiro atoms. The Hall–Kier alpha value is -3.27. The van der Waals surface area contributed by atoms with Crippen LogP contribution in [-0.4, -0.2) is 70.2 Å². The molecule has 0 radical (unpaired) electrons. The summed E-state index contributed by atoms with van der Waals surface area (Å²) in [6.07, 6.45) is 3.57. The number of sulfone groups is 1. The van der Waals surface area contributed by atoms with Crippen molar-refractivity contribution in [3.05, 3.63) is 59.9 Å². The Morgan fingerprint density at radius 2 is 1.62 bits per heavy atom. The molecular formula is C24H30N6O3S. The number of carbonyl (C=O) groups is 1. The van der Waals surface area contributed by atoms with Crippen molar-refractivity contribution in [2.45, 2.75) is 44.3 Å². The number of carbonyl (C=O) groups excluding carboxylic acids is 1. The van der Waals surface area contributed by atoms with Gasteiger partial charge in [0.15, 0.2) is 9.84 Å². The summed E-state index contributed by atoms with van der Waals surface area (Å²) in [7, 11) is -3.31. The van der Waals surface area contributed by atoms with Gasteiger partial charge in [0.05, 0.1) is 22.3 Å². The van der Waals surface area contributed by atoms with E-state index in [1.54, 1.807) is 50.8 Å². The topological polar surface area (TPSA) is 101 Å². The third-order valence-corrected chi connectivity index (χ3v) is 8.49. The van der Waals surface area contributed by atoms with E-state index in [2.05, 4.69) is 19.9 Å². The van der Waals surface area contributed by atoms with Crippen LogP contribution in [0.1, 0.15) is 30.8 Å². The molecule has 1 aliphatic heterocycles. The number of nitrogens with zero attached hydrogens (tertiary/aromatic N) is 6. The molecule has 1 saturated heterocycles. The van der Waals surface area contributed by atoms with Crippen molar-refractivity contribution >= 4 is 21.6 Å². The van der Waals surface area contributed by atoms with Crippen molar-refractivity contribution in [2.75, 3.05) is 31.1 Å². The number of aryl methyl sites for hydroxylation is 1. The molecule has 1 aliphatic rings. The second kappa shape index (κ2) is 9.54. The summed E-state index contributed by atoms with van der Waals surface area (Å²) in [6.45, 7) is 9.84. The zero-order valence-electron chi connectivity index (χ0n) is 20.0. The van der Waals surface area contributed by atoms with Gasteiger partial charge in [-0.3, -0.25) is 9.36 Å². The first-order valence-electron chi connectivity index (χ1n) is 11.4. The molecule has 9 nitrogen and oxygen atoms in total. The predicted molar refractivity (Wildman–Crippen MR) is 130 cm³/mol. The van der Waals surface area contributed by atoms with Crippen LogP contribution < -0.4 is 4.90 Å². The minimum absolute atomic E-state index is 0.0343. The Labute approximate surface area is 200 Å². The number of aromatic nitrogens is 4. The van der Waals surface area contributed by atoms with E-state index in [1.807, 2.05) is 29.4 Å². The Kier molecular flexibility index (Phi) is 6.70. The number of anilines is 1. The maximum Gasteiger partial charge on any atom is 0.227 e. The summed E-state index contributed by atoms with van der Waals surface area (Å²) in [5.74, 6) is 1.63. The molecule has 4 rings (SSSR count). The van der Waals surface area contributed by atoms with Crippen molar-refractivity contribution in [2.24, 2.45) is 0 Å². The van der Waals surface area contributed by atoms with Gasteiger partial charge in [-0.1, -0.05) is 12.1 Å². The largest absolute Gasteiger partial charge is 0.353 e. The summed E-state index contributed by atoms with van der Waals surface area (Å²) >= 11 is 0. The van der Waals surface area contributed by atoms with Crippen LogP contribution >= 0.6 is 0 Å². The van der Waals surface area contributed by atoms with Gasteiger partial charge in [-0.25, -0.2) is 23.4 Å². The fourth-order valence-corrected chi connectivity index (χ4v) is 4.97. The van der Waals surface area contributed by atoms with Crippen molar-refractivity contribution in [1.29, 1.82) is 0 Å². The number of hydrogen-bond acceptors (Lipinski definition) is 7. The number of imidazole rings is 1.